The number of benzene rings is 1. The molecule has 25 heavy (non-hydrogen) atoms. The molecular weight excluding hydrogens is 344 g/mol. The average Bonchev–Trinajstić information content (AvgIpc) is 2.65. The molecule has 0 saturated carbocycles. The van der Waals surface area contributed by atoms with Gasteiger partial charge in [0.25, 0.3) is 0 Å². The van der Waals surface area contributed by atoms with Crippen molar-refractivity contribution in [2.75, 3.05) is 38.8 Å². The van der Waals surface area contributed by atoms with Crippen molar-refractivity contribution >= 4 is 27.6 Å². The van der Waals surface area contributed by atoms with Gasteiger partial charge in [-0.25, -0.2) is 23.1 Å². The Morgan fingerprint density at radius 1 is 1.16 bits per heavy atom. The van der Waals surface area contributed by atoms with Gasteiger partial charge in [-0.05, 0) is 24.8 Å². The van der Waals surface area contributed by atoms with Crippen LogP contribution in [0.25, 0.3) is 10.9 Å². The molecule has 1 aromatic carbocycles. The molecule has 8 nitrogen and oxygen atoms in total. The van der Waals surface area contributed by atoms with Gasteiger partial charge in [0.1, 0.15) is 12.1 Å². The van der Waals surface area contributed by atoms with Crippen molar-refractivity contribution in [2.24, 2.45) is 5.92 Å². The standard InChI is InChI=1S/C16H22N4O4S/c1-23-14-7-12-13(8-15(14)24-2)17-10-18-16(12)20-5-3-11(4-6-20)9-19-25(21)22/h7-8,10-11,25H,3-6,9H2,1-2H3,(H,19,21,22). The molecular formula is C16H22N4O4S. The Balaban J connectivity index is 1.82. The normalized spacial score (nSPS) is 15.7. The topological polar surface area (TPSA) is 93.7 Å². The molecule has 0 radical (unpaired) electrons. The molecule has 3 rings (SSSR count). The molecule has 0 spiro atoms. The summed E-state index contributed by atoms with van der Waals surface area (Å²) in [5.74, 6) is 2.50. The number of rotatable bonds is 6. The summed E-state index contributed by atoms with van der Waals surface area (Å²) in [7, 11) is 0.677. The number of thiol groups is 1. The molecule has 1 aliphatic heterocycles. The van der Waals surface area contributed by atoms with Gasteiger partial charge in [0.15, 0.2) is 11.5 Å². The minimum atomic E-state index is -2.52. The predicted molar refractivity (Wildman–Crippen MR) is 95.9 cm³/mol. The number of hydrogen-bond acceptors (Lipinski definition) is 7. The highest BCUT2D eigenvalue weighted by molar-refractivity contribution is 7.70. The smallest absolute Gasteiger partial charge is 0.201 e. The van der Waals surface area contributed by atoms with Gasteiger partial charge in [-0.1, -0.05) is 0 Å². The third-order valence-corrected chi connectivity index (χ3v) is 4.98. The number of nitrogens with one attached hydrogen (secondary N) is 1. The minimum absolute atomic E-state index is 0.354. The minimum Gasteiger partial charge on any atom is -0.493 e. The van der Waals surface area contributed by atoms with Crippen LogP contribution in [-0.2, 0) is 10.9 Å². The summed E-state index contributed by atoms with van der Waals surface area (Å²) in [6.07, 6.45) is 3.38. The van der Waals surface area contributed by atoms with E-state index in [0.29, 0.717) is 24.0 Å². The Morgan fingerprint density at radius 2 is 1.84 bits per heavy atom. The summed E-state index contributed by atoms with van der Waals surface area (Å²) in [6.45, 7) is 2.15. The van der Waals surface area contributed by atoms with Crippen LogP contribution in [0.15, 0.2) is 18.5 Å². The van der Waals surface area contributed by atoms with Crippen LogP contribution in [0.2, 0.25) is 0 Å². The zero-order valence-corrected chi connectivity index (χ0v) is 15.2. The second kappa shape index (κ2) is 7.83. The molecule has 1 aromatic heterocycles. The second-order valence-electron chi connectivity index (χ2n) is 5.97. The van der Waals surface area contributed by atoms with Gasteiger partial charge in [0.05, 0.1) is 19.7 Å². The van der Waals surface area contributed by atoms with Crippen molar-refractivity contribution < 1.29 is 17.9 Å². The summed E-state index contributed by atoms with van der Waals surface area (Å²) in [5.41, 5.74) is 0.801. The maximum Gasteiger partial charge on any atom is 0.201 e. The Morgan fingerprint density at radius 3 is 2.48 bits per heavy atom. The number of methoxy groups -OCH3 is 2. The van der Waals surface area contributed by atoms with E-state index in [9.17, 15) is 8.42 Å². The van der Waals surface area contributed by atoms with Crippen LogP contribution >= 0.6 is 0 Å². The molecule has 0 amide bonds. The molecule has 0 unspecified atom stereocenters. The van der Waals surface area contributed by atoms with Crippen LogP contribution < -0.4 is 19.1 Å². The van der Waals surface area contributed by atoms with Crippen LogP contribution in [0.3, 0.4) is 0 Å². The van der Waals surface area contributed by atoms with E-state index in [0.717, 1.165) is 42.7 Å². The SMILES string of the molecule is COc1cc2ncnc(N3CCC(CN[SH](=O)=O)CC3)c2cc1OC. The molecule has 0 atom stereocenters. The zero-order valence-electron chi connectivity index (χ0n) is 14.3. The fourth-order valence-corrected chi connectivity index (χ4v) is 3.58. The van der Waals surface area contributed by atoms with E-state index in [1.807, 2.05) is 12.1 Å². The fraction of sp³-hybridized carbons (Fsp3) is 0.500. The van der Waals surface area contributed by atoms with E-state index >= 15 is 0 Å². The molecule has 2 heterocycles. The Labute approximate surface area is 148 Å². The maximum absolute atomic E-state index is 10.7. The van der Waals surface area contributed by atoms with Crippen molar-refractivity contribution in [2.45, 2.75) is 12.8 Å². The van der Waals surface area contributed by atoms with E-state index in [2.05, 4.69) is 19.6 Å². The lowest BCUT2D eigenvalue weighted by Crippen LogP contribution is -2.37. The summed E-state index contributed by atoms with van der Waals surface area (Å²) < 4.78 is 34.6. The summed E-state index contributed by atoms with van der Waals surface area (Å²) in [4.78, 5) is 11.0. The summed E-state index contributed by atoms with van der Waals surface area (Å²) in [5, 5.41) is 0.916. The number of anilines is 1. The van der Waals surface area contributed by atoms with Crippen molar-refractivity contribution in [1.29, 1.82) is 0 Å². The number of fused-ring (bicyclic) bond motifs is 1. The lowest BCUT2D eigenvalue weighted by Gasteiger charge is -2.33. The molecule has 1 fully saturated rings. The lowest BCUT2D eigenvalue weighted by atomic mass is 9.97. The Hall–Kier alpha value is -2.13. The first-order valence-corrected chi connectivity index (χ1v) is 9.29. The van der Waals surface area contributed by atoms with Gasteiger partial charge in [0.2, 0.25) is 10.9 Å². The highest BCUT2D eigenvalue weighted by Gasteiger charge is 2.22. The monoisotopic (exact) mass is 366 g/mol. The third kappa shape index (κ3) is 3.93. The third-order valence-electron chi connectivity index (χ3n) is 4.54. The molecule has 9 heteroatoms. The van der Waals surface area contributed by atoms with Gasteiger partial charge in [-0.2, -0.15) is 0 Å². The van der Waals surface area contributed by atoms with E-state index < -0.39 is 10.9 Å². The number of piperidine rings is 1. The zero-order chi connectivity index (χ0) is 17.8. The summed E-state index contributed by atoms with van der Waals surface area (Å²) in [6, 6.07) is 3.75. The van der Waals surface area contributed by atoms with Gasteiger partial charge in [-0.3, -0.25) is 0 Å². The first-order chi connectivity index (χ1) is 12.1. The number of hydrogen-bond donors (Lipinski definition) is 2. The van der Waals surface area contributed by atoms with Crippen molar-refractivity contribution in [3.8, 4) is 11.5 Å². The van der Waals surface area contributed by atoms with Gasteiger partial charge < -0.3 is 14.4 Å². The Bertz CT molecular complexity index is 811. The second-order valence-corrected chi connectivity index (χ2v) is 6.80. The highest BCUT2D eigenvalue weighted by atomic mass is 32.2. The number of aromatic nitrogens is 2. The van der Waals surface area contributed by atoms with Crippen molar-refractivity contribution in [3.05, 3.63) is 18.5 Å². The number of ether oxygens (including phenoxy) is 2. The largest absolute Gasteiger partial charge is 0.493 e. The first-order valence-electron chi connectivity index (χ1n) is 8.12. The molecule has 0 aliphatic carbocycles. The van der Waals surface area contributed by atoms with E-state index in [-0.39, 0.29) is 0 Å². The fourth-order valence-electron chi connectivity index (χ4n) is 3.17. The first kappa shape index (κ1) is 17.7. The van der Waals surface area contributed by atoms with Gasteiger partial charge in [-0.15, -0.1) is 0 Å². The van der Waals surface area contributed by atoms with Gasteiger partial charge in [0, 0.05) is 31.1 Å². The lowest BCUT2D eigenvalue weighted by molar-refractivity contribution is 0.355. The van der Waals surface area contributed by atoms with Crippen LogP contribution in [0, 0.1) is 5.92 Å². The number of nitrogens with zero attached hydrogens (tertiary/aromatic N) is 3. The van der Waals surface area contributed by atoms with Crippen LogP contribution in [-0.4, -0.2) is 52.2 Å². The van der Waals surface area contributed by atoms with E-state index in [1.54, 1.807) is 20.5 Å². The predicted octanol–water partition coefficient (Wildman–Crippen LogP) is 0.979. The average molecular weight is 366 g/mol. The molecule has 136 valence electrons. The summed E-state index contributed by atoms with van der Waals surface area (Å²) >= 11 is 0. The molecule has 1 N–H and O–H groups in total. The van der Waals surface area contributed by atoms with Crippen LogP contribution in [0.1, 0.15) is 12.8 Å². The van der Waals surface area contributed by atoms with Gasteiger partial charge >= 0.3 is 0 Å². The van der Waals surface area contributed by atoms with Crippen LogP contribution in [0.4, 0.5) is 5.82 Å². The maximum atomic E-state index is 10.7. The van der Waals surface area contributed by atoms with E-state index in [4.69, 9.17) is 9.47 Å². The van der Waals surface area contributed by atoms with Crippen LogP contribution in [0.5, 0.6) is 11.5 Å². The quantitative estimate of drug-likeness (QED) is 0.736. The highest BCUT2D eigenvalue weighted by Crippen LogP contribution is 2.35. The van der Waals surface area contributed by atoms with Crippen molar-refractivity contribution in [3.63, 3.8) is 0 Å². The molecule has 1 aliphatic rings. The molecule has 0 bridgehead atoms. The Kier molecular flexibility index (Phi) is 5.54. The molecule has 1 saturated heterocycles. The van der Waals surface area contributed by atoms with Crippen molar-refractivity contribution in [1.82, 2.24) is 14.7 Å². The van der Waals surface area contributed by atoms with E-state index in [1.165, 1.54) is 0 Å². The molecule has 2 aromatic rings.